The standard InChI is InChI=1S/C17H17FN2S/c1-11(17-9-12-5-2-3-8-16(12)21-17)20-15-7-4-6-14(18)13(15)10-19/h4,6-7,9,11,20H,2-3,5,8H2,1H3. The number of nitrogens with one attached hydrogen (secondary N) is 1. The van der Waals surface area contributed by atoms with Crippen molar-refractivity contribution in [3.63, 3.8) is 0 Å². The molecule has 2 nitrogen and oxygen atoms in total. The fraction of sp³-hybridized carbons (Fsp3) is 0.353. The number of rotatable bonds is 3. The zero-order valence-corrected chi connectivity index (χ0v) is 12.8. The van der Waals surface area contributed by atoms with Crippen LogP contribution in [0, 0.1) is 17.1 Å². The summed E-state index contributed by atoms with van der Waals surface area (Å²) in [5, 5.41) is 12.4. The molecule has 1 heterocycles. The lowest BCUT2D eigenvalue weighted by Gasteiger charge is -2.15. The molecule has 108 valence electrons. The highest BCUT2D eigenvalue weighted by molar-refractivity contribution is 7.12. The lowest BCUT2D eigenvalue weighted by Crippen LogP contribution is -2.07. The molecule has 21 heavy (non-hydrogen) atoms. The Morgan fingerprint density at radius 2 is 2.14 bits per heavy atom. The maximum atomic E-state index is 13.6. The van der Waals surface area contributed by atoms with E-state index in [1.807, 2.05) is 17.4 Å². The van der Waals surface area contributed by atoms with Crippen LogP contribution in [0.25, 0.3) is 0 Å². The summed E-state index contributed by atoms with van der Waals surface area (Å²) in [6.45, 7) is 2.06. The van der Waals surface area contributed by atoms with Crippen LogP contribution in [-0.2, 0) is 12.8 Å². The third-order valence-corrected chi connectivity index (χ3v) is 5.36. The molecule has 1 aromatic carbocycles. The first-order valence-electron chi connectivity index (χ1n) is 7.25. The Balaban J connectivity index is 1.84. The van der Waals surface area contributed by atoms with E-state index in [0.29, 0.717) is 5.69 Å². The Bertz CT molecular complexity index is 676. The van der Waals surface area contributed by atoms with Gasteiger partial charge in [0.1, 0.15) is 17.4 Å². The van der Waals surface area contributed by atoms with Crippen LogP contribution < -0.4 is 5.32 Å². The lowest BCUT2D eigenvalue weighted by atomic mass is 9.99. The number of fused-ring (bicyclic) bond motifs is 1. The van der Waals surface area contributed by atoms with Crippen molar-refractivity contribution in [3.05, 3.63) is 51.0 Å². The van der Waals surface area contributed by atoms with Crippen molar-refractivity contribution in [1.82, 2.24) is 0 Å². The summed E-state index contributed by atoms with van der Waals surface area (Å²) < 4.78 is 13.6. The highest BCUT2D eigenvalue weighted by atomic mass is 32.1. The number of hydrogen-bond acceptors (Lipinski definition) is 3. The van der Waals surface area contributed by atoms with Gasteiger partial charge in [0.15, 0.2) is 0 Å². The summed E-state index contributed by atoms with van der Waals surface area (Å²) in [6.07, 6.45) is 4.89. The van der Waals surface area contributed by atoms with E-state index in [9.17, 15) is 4.39 Å². The quantitative estimate of drug-likeness (QED) is 0.883. The number of aryl methyl sites for hydroxylation is 2. The second-order valence-electron chi connectivity index (χ2n) is 5.44. The van der Waals surface area contributed by atoms with Crippen molar-refractivity contribution in [2.75, 3.05) is 5.32 Å². The highest BCUT2D eigenvalue weighted by Crippen LogP contribution is 2.34. The molecule has 3 rings (SSSR count). The van der Waals surface area contributed by atoms with Gasteiger partial charge in [0.25, 0.3) is 0 Å². The molecule has 0 bridgehead atoms. The zero-order chi connectivity index (χ0) is 14.8. The molecule has 1 N–H and O–H groups in total. The molecule has 1 atom stereocenters. The average Bonchev–Trinajstić information content (AvgIpc) is 2.91. The van der Waals surface area contributed by atoms with E-state index in [1.165, 1.54) is 47.1 Å². The van der Waals surface area contributed by atoms with Crippen molar-refractivity contribution in [1.29, 1.82) is 5.26 Å². The van der Waals surface area contributed by atoms with E-state index < -0.39 is 5.82 Å². The number of hydrogen-bond donors (Lipinski definition) is 1. The maximum absolute atomic E-state index is 13.6. The Morgan fingerprint density at radius 3 is 2.90 bits per heavy atom. The van der Waals surface area contributed by atoms with Gasteiger partial charge in [0.2, 0.25) is 0 Å². The summed E-state index contributed by atoms with van der Waals surface area (Å²) in [6, 6.07) is 8.98. The minimum Gasteiger partial charge on any atom is -0.377 e. The van der Waals surface area contributed by atoms with Crippen LogP contribution in [0.5, 0.6) is 0 Å². The van der Waals surface area contributed by atoms with Crippen LogP contribution in [0.3, 0.4) is 0 Å². The Morgan fingerprint density at radius 1 is 1.33 bits per heavy atom. The van der Waals surface area contributed by atoms with Crippen LogP contribution >= 0.6 is 11.3 Å². The van der Waals surface area contributed by atoms with Crippen molar-refractivity contribution in [3.8, 4) is 6.07 Å². The first kappa shape index (κ1) is 14.1. The molecule has 1 aliphatic rings. The molecule has 1 aromatic heterocycles. The number of halogens is 1. The second-order valence-corrected chi connectivity index (χ2v) is 6.61. The van der Waals surface area contributed by atoms with E-state index in [2.05, 4.69) is 18.3 Å². The van der Waals surface area contributed by atoms with E-state index >= 15 is 0 Å². The molecule has 4 heteroatoms. The highest BCUT2D eigenvalue weighted by Gasteiger charge is 2.17. The number of thiophene rings is 1. The molecule has 1 unspecified atom stereocenters. The normalized spacial score (nSPS) is 15.1. The fourth-order valence-electron chi connectivity index (χ4n) is 2.79. The monoisotopic (exact) mass is 300 g/mol. The van der Waals surface area contributed by atoms with Crippen LogP contribution in [0.15, 0.2) is 24.3 Å². The first-order chi connectivity index (χ1) is 10.2. The summed E-state index contributed by atoms with van der Waals surface area (Å²) in [7, 11) is 0. The van der Waals surface area contributed by atoms with Crippen LogP contribution in [0.4, 0.5) is 10.1 Å². The number of anilines is 1. The molecular formula is C17H17FN2S. The van der Waals surface area contributed by atoms with Gasteiger partial charge in [0, 0.05) is 9.75 Å². The van der Waals surface area contributed by atoms with Gasteiger partial charge in [-0.15, -0.1) is 11.3 Å². The molecule has 0 radical (unpaired) electrons. The Labute approximate surface area is 128 Å². The van der Waals surface area contributed by atoms with Crippen molar-refractivity contribution >= 4 is 17.0 Å². The van der Waals surface area contributed by atoms with E-state index in [1.54, 1.807) is 12.1 Å². The molecule has 2 aromatic rings. The molecule has 0 saturated carbocycles. The third-order valence-electron chi connectivity index (χ3n) is 3.94. The van der Waals surface area contributed by atoms with Crippen LogP contribution in [-0.4, -0.2) is 0 Å². The van der Waals surface area contributed by atoms with E-state index in [0.717, 1.165) is 0 Å². The van der Waals surface area contributed by atoms with E-state index in [4.69, 9.17) is 5.26 Å². The minimum atomic E-state index is -0.472. The Hall–Kier alpha value is -1.86. The predicted molar refractivity (Wildman–Crippen MR) is 84.1 cm³/mol. The molecule has 0 fully saturated rings. The average molecular weight is 300 g/mol. The minimum absolute atomic E-state index is 0.0782. The summed E-state index contributed by atoms with van der Waals surface area (Å²) >= 11 is 1.84. The van der Waals surface area contributed by atoms with Crippen molar-refractivity contribution in [2.45, 2.75) is 38.6 Å². The van der Waals surface area contributed by atoms with Gasteiger partial charge in [-0.1, -0.05) is 6.07 Å². The number of nitriles is 1. The topological polar surface area (TPSA) is 35.8 Å². The van der Waals surface area contributed by atoms with Gasteiger partial charge >= 0.3 is 0 Å². The van der Waals surface area contributed by atoms with E-state index in [-0.39, 0.29) is 11.6 Å². The van der Waals surface area contributed by atoms with Gasteiger partial charge in [-0.2, -0.15) is 5.26 Å². The number of nitrogens with zero attached hydrogens (tertiary/aromatic N) is 1. The molecule has 1 aliphatic carbocycles. The zero-order valence-electron chi connectivity index (χ0n) is 11.9. The first-order valence-corrected chi connectivity index (χ1v) is 8.07. The van der Waals surface area contributed by atoms with Crippen LogP contribution in [0.1, 0.15) is 46.7 Å². The molecular weight excluding hydrogens is 283 g/mol. The van der Waals surface area contributed by atoms with Crippen molar-refractivity contribution < 1.29 is 4.39 Å². The summed E-state index contributed by atoms with van der Waals surface area (Å²) in [5.41, 5.74) is 2.12. The fourth-order valence-corrected chi connectivity index (χ4v) is 4.05. The molecule has 0 saturated heterocycles. The number of benzene rings is 1. The van der Waals surface area contributed by atoms with Crippen LogP contribution in [0.2, 0.25) is 0 Å². The third kappa shape index (κ3) is 2.79. The van der Waals surface area contributed by atoms with Gasteiger partial charge in [-0.3, -0.25) is 0 Å². The maximum Gasteiger partial charge on any atom is 0.143 e. The van der Waals surface area contributed by atoms with Gasteiger partial charge in [-0.25, -0.2) is 4.39 Å². The summed E-state index contributed by atoms with van der Waals surface area (Å²) in [5.74, 6) is -0.472. The predicted octanol–water partition coefficient (Wildman–Crippen LogP) is 4.81. The largest absolute Gasteiger partial charge is 0.377 e. The van der Waals surface area contributed by atoms with Crippen molar-refractivity contribution in [2.24, 2.45) is 0 Å². The lowest BCUT2D eigenvalue weighted by molar-refractivity contribution is 0.624. The molecule has 0 spiro atoms. The van der Waals surface area contributed by atoms with Gasteiger partial charge < -0.3 is 5.32 Å². The summed E-state index contributed by atoms with van der Waals surface area (Å²) in [4.78, 5) is 2.75. The Kier molecular flexibility index (Phi) is 3.94. The van der Waals surface area contributed by atoms with Gasteiger partial charge in [0.05, 0.1) is 11.7 Å². The SMILES string of the molecule is CC(Nc1cccc(F)c1C#N)c1cc2c(s1)CCCC2. The smallest absolute Gasteiger partial charge is 0.143 e. The molecule has 0 aliphatic heterocycles. The van der Waals surface area contributed by atoms with Gasteiger partial charge in [-0.05, 0) is 56.4 Å². The molecule has 0 amide bonds. The second kappa shape index (κ2) is 5.87.